The minimum Gasteiger partial charge on any atom is -0.493 e. The Morgan fingerprint density at radius 2 is 1.82 bits per heavy atom. The molecule has 0 aromatic heterocycles. The Labute approximate surface area is 227 Å². The molecule has 210 valence electrons. The van der Waals surface area contributed by atoms with E-state index in [9.17, 15) is 9.59 Å². The Morgan fingerprint density at radius 3 is 2.39 bits per heavy atom. The maximum atomic E-state index is 12.6. The molecule has 1 saturated heterocycles. The summed E-state index contributed by atoms with van der Waals surface area (Å²) in [5, 5.41) is 7.03. The van der Waals surface area contributed by atoms with E-state index in [0.717, 1.165) is 50.0 Å². The Bertz CT molecular complexity index is 973. The van der Waals surface area contributed by atoms with Gasteiger partial charge in [0.1, 0.15) is 18.5 Å². The second-order valence-corrected chi connectivity index (χ2v) is 11.2. The number of carbonyl (C=O) groups excluding carboxylic acids is 2. The monoisotopic (exact) mass is 527 g/mol. The van der Waals surface area contributed by atoms with E-state index in [0.29, 0.717) is 38.6 Å². The third-order valence-corrected chi connectivity index (χ3v) is 7.10. The smallest absolute Gasteiger partial charge is 0.410 e. The van der Waals surface area contributed by atoms with Crippen LogP contribution in [0.25, 0.3) is 5.57 Å². The molecule has 1 unspecified atom stereocenters. The number of oxime groups is 1. The van der Waals surface area contributed by atoms with Crippen LogP contribution in [-0.4, -0.2) is 61.6 Å². The minimum absolute atomic E-state index is 0.0209. The highest BCUT2D eigenvalue weighted by Crippen LogP contribution is 2.31. The van der Waals surface area contributed by atoms with Gasteiger partial charge in [-0.2, -0.15) is 0 Å². The van der Waals surface area contributed by atoms with Crippen molar-refractivity contribution in [2.45, 2.75) is 78.2 Å². The fraction of sp³-hybridized carbons (Fsp3) is 0.633. The van der Waals surface area contributed by atoms with Crippen LogP contribution in [0.15, 0.2) is 35.5 Å². The zero-order valence-corrected chi connectivity index (χ0v) is 23.8. The molecule has 8 nitrogen and oxygen atoms in total. The molecule has 1 heterocycles. The number of carbonyl (C=O) groups is 2. The molecule has 1 aliphatic heterocycles. The van der Waals surface area contributed by atoms with Crippen LogP contribution in [0, 0.1) is 11.8 Å². The van der Waals surface area contributed by atoms with Gasteiger partial charge in [-0.05, 0) is 88.5 Å². The number of hydrogen-bond donors (Lipinski definition) is 1. The Hall–Kier alpha value is -3.03. The first-order valence-corrected chi connectivity index (χ1v) is 13.9. The van der Waals surface area contributed by atoms with Crippen LogP contribution in [0.5, 0.6) is 5.75 Å². The van der Waals surface area contributed by atoms with Gasteiger partial charge in [-0.1, -0.05) is 30.3 Å². The van der Waals surface area contributed by atoms with Gasteiger partial charge in [0.05, 0.1) is 12.3 Å². The van der Waals surface area contributed by atoms with Crippen LogP contribution in [0.4, 0.5) is 4.79 Å². The Balaban J connectivity index is 1.39. The molecule has 38 heavy (non-hydrogen) atoms. The highest BCUT2D eigenvalue weighted by molar-refractivity contribution is 5.85. The fourth-order valence-electron chi connectivity index (χ4n) is 4.81. The lowest BCUT2D eigenvalue weighted by atomic mass is 9.86. The molecule has 1 aromatic rings. The number of likely N-dealkylation sites (tertiary alicyclic amines) is 1. The summed E-state index contributed by atoms with van der Waals surface area (Å²) in [4.78, 5) is 31.4. The number of benzene rings is 1. The van der Waals surface area contributed by atoms with Crippen LogP contribution < -0.4 is 10.1 Å². The van der Waals surface area contributed by atoms with E-state index in [4.69, 9.17) is 14.3 Å². The van der Waals surface area contributed by atoms with Gasteiger partial charge in [-0.25, -0.2) is 4.79 Å². The molecular formula is C30H45N3O5. The summed E-state index contributed by atoms with van der Waals surface area (Å²) in [7, 11) is 1.54. The molecule has 0 spiro atoms. The summed E-state index contributed by atoms with van der Waals surface area (Å²) in [6, 6.07) is 8.26. The molecule has 1 N–H and O–H groups in total. The Morgan fingerprint density at radius 1 is 1.11 bits per heavy atom. The van der Waals surface area contributed by atoms with Crippen molar-refractivity contribution in [3.63, 3.8) is 0 Å². The van der Waals surface area contributed by atoms with Crippen molar-refractivity contribution in [3.05, 3.63) is 35.9 Å². The molecule has 8 heteroatoms. The van der Waals surface area contributed by atoms with E-state index in [1.165, 1.54) is 11.1 Å². The normalized spacial score (nSPS) is 19.0. The average molecular weight is 528 g/mol. The van der Waals surface area contributed by atoms with E-state index in [2.05, 4.69) is 28.7 Å². The molecule has 3 rings (SSSR count). The molecule has 1 aliphatic carbocycles. The van der Waals surface area contributed by atoms with Crippen molar-refractivity contribution < 1.29 is 23.9 Å². The Kier molecular flexibility index (Phi) is 11.0. The average Bonchev–Trinajstić information content (AvgIpc) is 2.91. The summed E-state index contributed by atoms with van der Waals surface area (Å²) in [6.45, 7) is 10.4. The number of hydrogen-bond acceptors (Lipinski definition) is 6. The van der Waals surface area contributed by atoms with Crippen LogP contribution in [-0.2, 0) is 14.4 Å². The molecule has 0 bridgehead atoms. The van der Waals surface area contributed by atoms with E-state index >= 15 is 0 Å². The van der Waals surface area contributed by atoms with Gasteiger partial charge in [0.2, 0.25) is 5.91 Å². The number of allylic oxidation sites excluding steroid dienone is 2. The number of amides is 2. The summed E-state index contributed by atoms with van der Waals surface area (Å²) in [5.74, 6) is 1.43. The van der Waals surface area contributed by atoms with Crippen molar-refractivity contribution in [1.29, 1.82) is 0 Å². The standard InChI is InChI=1S/C30H45N3O5/c1-6-26(32-36-5)15-18-31-28(34)25-9-7-23(8-10-25)24-11-13-27(14-12-24)37-21-22-16-19-33(20-17-22)29(35)38-30(2,3)4/h7,11-14,22,25H,6,8-10,15-21H2,1-5H3,(H,31,34)/b32-26-. The van der Waals surface area contributed by atoms with Crippen molar-refractivity contribution in [2.75, 3.05) is 33.4 Å². The number of rotatable bonds is 10. The SMILES string of the molecule is CC/C(CCNC(=O)C1CC=C(c2ccc(OCC3CCN(C(=O)OC(C)(C)C)CC3)cc2)CC1)=N/OC. The first-order chi connectivity index (χ1) is 18.2. The van der Waals surface area contributed by atoms with Crippen LogP contribution in [0.2, 0.25) is 0 Å². The zero-order chi connectivity index (χ0) is 27.5. The van der Waals surface area contributed by atoms with Crippen LogP contribution >= 0.6 is 0 Å². The van der Waals surface area contributed by atoms with E-state index in [1.807, 2.05) is 39.8 Å². The fourth-order valence-corrected chi connectivity index (χ4v) is 4.81. The molecule has 2 aliphatic rings. The predicted octanol–water partition coefficient (Wildman–Crippen LogP) is 5.81. The maximum absolute atomic E-state index is 12.6. The first-order valence-electron chi connectivity index (χ1n) is 13.9. The van der Waals surface area contributed by atoms with Gasteiger partial charge in [-0.15, -0.1) is 0 Å². The van der Waals surface area contributed by atoms with E-state index in [-0.39, 0.29) is 17.9 Å². The van der Waals surface area contributed by atoms with Crippen LogP contribution in [0.1, 0.15) is 78.2 Å². The lowest BCUT2D eigenvalue weighted by molar-refractivity contribution is -0.125. The van der Waals surface area contributed by atoms with Gasteiger partial charge in [0.15, 0.2) is 0 Å². The van der Waals surface area contributed by atoms with Crippen molar-refractivity contribution in [1.82, 2.24) is 10.2 Å². The van der Waals surface area contributed by atoms with Gasteiger partial charge < -0.3 is 24.5 Å². The van der Waals surface area contributed by atoms with Gasteiger partial charge in [0, 0.05) is 32.0 Å². The number of piperidine rings is 1. The second kappa shape index (κ2) is 14.2. The summed E-state index contributed by atoms with van der Waals surface area (Å²) >= 11 is 0. The highest BCUT2D eigenvalue weighted by atomic mass is 16.6. The number of nitrogens with one attached hydrogen (secondary N) is 1. The van der Waals surface area contributed by atoms with Gasteiger partial charge >= 0.3 is 6.09 Å². The third-order valence-electron chi connectivity index (χ3n) is 7.10. The van der Waals surface area contributed by atoms with Crippen molar-refractivity contribution in [3.8, 4) is 5.75 Å². The molecule has 2 amide bonds. The molecule has 1 fully saturated rings. The largest absolute Gasteiger partial charge is 0.493 e. The summed E-state index contributed by atoms with van der Waals surface area (Å²) < 4.78 is 11.5. The molecule has 0 saturated carbocycles. The quantitative estimate of drug-likeness (QED) is 0.306. The van der Waals surface area contributed by atoms with Gasteiger partial charge in [-0.3, -0.25) is 4.79 Å². The minimum atomic E-state index is -0.466. The van der Waals surface area contributed by atoms with E-state index < -0.39 is 5.60 Å². The van der Waals surface area contributed by atoms with Crippen molar-refractivity contribution >= 4 is 23.3 Å². The number of nitrogens with zero attached hydrogens (tertiary/aromatic N) is 2. The maximum Gasteiger partial charge on any atom is 0.410 e. The number of ether oxygens (including phenoxy) is 2. The van der Waals surface area contributed by atoms with Gasteiger partial charge in [0.25, 0.3) is 0 Å². The lowest BCUT2D eigenvalue weighted by Crippen LogP contribution is -2.42. The highest BCUT2D eigenvalue weighted by Gasteiger charge is 2.27. The summed E-state index contributed by atoms with van der Waals surface area (Å²) in [5.41, 5.74) is 2.96. The third kappa shape index (κ3) is 9.37. The van der Waals surface area contributed by atoms with E-state index in [1.54, 1.807) is 12.0 Å². The molecular weight excluding hydrogens is 482 g/mol. The summed E-state index contributed by atoms with van der Waals surface area (Å²) in [6.07, 6.45) is 7.83. The molecule has 1 aromatic carbocycles. The topological polar surface area (TPSA) is 89.5 Å². The van der Waals surface area contributed by atoms with Crippen molar-refractivity contribution in [2.24, 2.45) is 17.0 Å². The molecule has 0 radical (unpaired) electrons. The zero-order valence-electron chi connectivity index (χ0n) is 23.8. The van der Waals surface area contributed by atoms with Crippen LogP contribution in [0.3, 0.4) is 0 Å². The lowest BCUT2D eigenvalue weighted by Gasteiger charge is -2.33. The second-order valence-electron chi connectivity index (χ2n) is 11.2. The first kappa shape index (κ1) is 29.5. The predicted molar refractivity (Wildman–Crippen MR) is 150 cm³/mol. The molecule has 1 atom stereocenters.